The second kappa shape index (κ2) is 12.8. The Labute approximate surface area is 296 Å². The molecule has 0 radical (unpaired) electrons. The number of ether oxygens (including phenoxy) is 4. The number of carbonyl (C=O) groups excluding carboxylic acids is 3. The first kappa shape index (κ1) is 38.7. The molecule has 4 aliphatic carbocycles. The number of aliphatic hydroxyl groups excluding tert-OH is 2. The molecule has 5 rings (SSSR count). The Morgan fingerprint density at radius 3 is 2.20 bits per heavy atom. The van der Waals surface area contributed by atoms with Crippen LogP contribution in [0.15, 0.2) is 35.6 Å². The van der Waals surface area contributed by atoms with E-state index in [0.29, 0.717) is 25.0 Å². The minimum atomic E-state index is -1.96. The van der Waals surface area contributed by atoms with Crippen LogP contribution < -0.4 is 0 Å². The van der Waals surface area contributed by atoms with Gasteiger partial charge in [-0.2, -0.15) is 0 Å². The zero-order valence-electron chi connectivity index (χ0n) is 31.3. The normalized spacial score (nSPS) is 42.3. The smallest absolute Gasteiger partial charge is 0.303 e. The summed E-state index contributed by atoms with van der Waals surface area (Å²) in [5.41, 5.74) is -3.51. The fourth-order valence-corrected chi connectivity index (χ4v) is 10.7. The number of fused-ring (bicyclic) bond motifs is 5. The van der Waals surface area contributed by atoms with E-state index in [4.69, 9.17) is 18.9 Å². The van der Waals surface area contributed by atoms with Gasteiger partial charge in [0.1, 0.15) is 11.7 Å². The van der Waals surface area contributed by atoms with Crippen molar-refractivity contribution in [1.82, 2.24) is 0 Å². The average Bonchev–Trinajstić information content (AvgIpc) is 3.20. The maximum absolute atomic E-state index is 14.0. The molecule has 10 unspecified atom stereocenters. The number of esters is 2. The fraction of sp³-hybridized carbons (Fsp3) is 0.769. The van der Waals surface area contributed by atoms with E-state index in [1.807, 2.05) is 6.08 Å². The Kier molecular flexibility index (Phi) is 9.92. The summed E-state index contributed by atoms with van der Waals surface area (Å²) in [7, 11) is 0. The highest BCUT2D eigenvalue weighted by Gasteiger charge is 2.72. The zero-order valence-corrected chi connectivity index (χ0v) is 31.3. The molecule has 0 amide bonds. The number of aliphatic hydroxyl groups is 4. The molecule has 0 bridgehead atoms. The number of ketones is 1. The van der Waals surface area contributed by atoms with Gasteiger partial charge < -0.3 is 39.4 Å². The number of hydrogen-bond acceptors (Lipinski definition) is 11. The van der Waals surface area contributed by atoms with Crippen LogP contribution in [-0.4, -0.2) is 86.7 Å². The van der Waals surface area contributed by atoms with Crippen LogP contribution in [0.5, 0.6) is 0 Å². The summed E-state index contributed by atoms with van der Waals surface area (Å²) >= 11 is 0. The van der Waals surface area contributed by atoms with Crippen molar-refractivity contribution in [1.29, 1.82) is 0 Å². The summed E-state index contributed by atoms with van der Waals surface area (Å²) in [6.07, 6.45) is 4.14. The van der Waals surface area contributed by atoms with Crippen LogP contribution >= 0.6 is 0 Å². The summed E-state index contributed by atoms with van der Waals surface area (Å²) in [5, 5.41) is 44.9. The lowest BCUT2D eigenvalue weighted by Gasteiger charge is -2.65. The Balaban J connectivity index is 1.59. The third-order valence-corrected chi connectivity index (χ3v) is 13.2. The second-order valence-electron chi connectivity index (χ2n) is 17.8. The van der Waals surface area contributed by atoms with E-state index < -0.39 is 76.4 Å². The zero-order chi connectivity index (χ0) is 37.4. The Bertz CT molecular complexity index is 1470. The lowest BCUT2D eigenvalue weighted by Crippen LogP contribution is -2.61. The van der Waals surface area contributed by atoms with E-state index in [0.717, 1.165) is 12.8 Å². The maximum atomic E-state index is 14.0. The highest BCUT2D eigenvalue weighted by atomic mass is 16.7. The largest absolute Gasteiger partial charge is 0.513 e. The lowest BCUT2D eigenvalue weighted by atomic mass is 9.39. The van der Waals surface area contributed by atoms with Crippen molar-refractivity contribution >= 4 is 17.7 Å². The number of hydrogen-bond donors (Lipinski definition) is 4. The molecular weight excluding hydrogens is 644 g/mol. The summed E-state index contributed by atoms with van der Waals surface area (Å²) in [5.74, 6) is -2.21. The number of rotatable bonds is 8. The van der Waals surface area contributed by atoms with Crippen LogP contribution in [0.1, 0.15) is 101 Å². The molecular formula is C39H58O11. The van der Waals surface area contributed by atoms with Crippen molar-refractivity contribution < 1.29 is 53.8 Å². The molecule has 3 fully saturated rings. The molecule has 1 aliphatic heterocycles. The molecule has 50 heavy (non-hydrogen) atoms. The summed E-state index contributed by atoms with van der Waals surface area (Å²) in [6.45, 7) is 17.7. The van der Waals surface area contributed by atoms with Crippen molar-refractivity contribution in [3.63, 3.8) is 0 Å². The molecule has 11 heteroatoms. The van der Waals surface area contributed by atoms with Gasteiger partial charge in [-0.3, -0.25) is 14.4 Å². The molecule has 1 saturated heterocycles. The fourth-order valence-electron chi connectivity index (χ4n) is 10.7. The predicted octanol–water partition coefficient (Wildman–Crippen LogP) is 4.87. The molecule has 0 aromatic heterocycles. The molecule has 280 valence electrons. The van der Waals surface area contributed by atoms with E-state index in [-0.39, 0.29) is 29.3 Å². The first-order valence-corrected chi connectivity index (χ1v) is 18.0. The molecule has 11 nitrogen and oxygen atoms in total. The van der Waals surface area contributed by atoms with Crippen molar-refractivity contribution in [3.8, 4) is 0 Å². The van der Waals surface area contributed by atoms with Gasteiger partial charge in [0.2, 0.25) is 0 Å². The number of carbonyl (C=O) groups is 3. The Morgan fingerprint density at radius 2 is 1.60 bits per heavy atom. The van der Waals surface area contributed by atoms with Gasteiger partial charge in [-0.05, 0) is 86.2 Å². The Morgan fingerprint density at radius 1 is 0.960 bits per heavy atom. The van der Waals surface area contributed by atoms with E-state index in [9.17, 15) is 34.8 Å². The van der Waals surface area contributed by atoms with Gasteiger partial charge in [0, 0.05) is 32.1 Å². The van der Waals surface area contributed by atoms with Crippen LogP contribution in [0, 0.1) is 39.4 Å². The molecule has 0 aromatic rings. The molecule has 0 spiro atoms. The van der Waals surface area contributed by atoms with Crippen LogP contribution in [0.4, 0.5) is 0 Å². The topological polar surface area (TPSA) is 169 Å². The third-order valence-electron chi connectivity index (χ3n) is 13.2. The van der Waals surface area contributed by atoms with Crippen molar-refractivity contribution in [2.75, 3.05) is 6.61 Å². The highest BCUT2D eigenvalue weighted by molar-refractivity contribution is 5.97. The standard InChI is InChI=1S/C39H58O11/c1-21(40)48-27-20-47-33(31(30(27)44)49-22(2)41)50-26-19-38(9)28-12-11-24-25(17-23(42)18-34(24,3)4)36(28,7)15-16-37(38,8)32(26)39(10,46)29(43)13-14-35(5,6)45/h11,13-14,17,25-28,30-33,42,44-46H,12,15-16,18-20H2,1-10H3/b14-13+/t25?,26?,27?,28?,30?,31?,32?,33?,36-,37+,38?,39?/m0/s1. The first-order chi connectivity index (χ1) is 22.9. The summed E-state index contributed by atoms with van der Waals surface area (Å²) in [6, 6.07) is 0. The van der Waals surface area contributed by atoms with Gasteiger partial charge in [-0.1, -0.05) is 52.3 Å². The predicted molar refractivity (Wildman–Crippen MR) is 183 cm³/mol. The van der Waals surface area contributed by atoms with Gasteiger partial charge in [-0.15, -0.1) is 0 Å². The number of allylic oxidation sites excluding steroid dienone is 4. The summed E-state index contributed by atoms with van der Waals surface area (Å²) in [4.78, 5) is 37.9. The van der Waals surface area contributed by atoms with E-state index in [1.165, 1.54) is 38.5 Å². The lowest BCUT2D eigenvalue weighted by molar-refractivity contribution is -0.296. The van der Waals surface area contributed by atoms with Crippen LogP contribution in [-0.2, 0) is 33.3 Å². The van der Waals surface area contributed by atoms with Gasteiger partial charge in [0.25, 0.3) is 0 Å². The molecule has 1 heterocycles. The quantitative estimate of drug-likeness (QED) is 0.155. The maximum Gasteiger partial charge on any atom is 0.303 e. The molecule has 12 atom stereocenters. The van der Waals surface area contributed by atoms with Crippen molar-refractivity contribution in [2.24, 2.45) is 39.4 Å². The van der Waals surface area contributed by atoms with Gasteiger partial charge >= 0.3 is 11.9 Å². The molecule has 4 N–H and O–H groups in total. The highest BCUT2D eigenvalue weighted by Crippen LogP contribution is 2.75. The van der Waals surface area contributed by atoms with Crippen molar-refractivity contribution in [3.05, 3.63) is 35.6 Å². The van der Waals surface area contributed by atoms with Gasteiger partial charge in [0.15, 0.2) is 24.3 Å². The van der Waals surface area contributed by atoms with Crippen LogP contribution in [0.25, 0.3) is 0 Å². The molecule has 5 aliphatic rings. The van der Waals surface area contributed by atoms with E-state index in [2.05, 4.69) is 40.7 Å². The molecule has 0 aromatic carbocycles. The minimum absolute atomic E-state index is 0.0186. The van der Waals surface area contributed by atoms with E-state index in [1.54, 1.807) is 13.8 Å². The third kappa shape index (κ3) is 6.50. The monoisotopic (exact) mass is 702 g/mol. The second-order valence-corrected chi connectivity index (χ2v) is 17.8. The average molecular weight is 703 g/mol. The summed E-state index contributed by atoms with van der Waals surface area (Å²) < 4.78 is 23.5. The SMILES string of the molecule is CC(=O)OC1COC(OC2CC3(C)C4CC=C5C(C=C(O)CC5(C)C)[C@]4(C)CC[C@]3(C)C2C(C)(O)C(=O)/C=C/C(C)(C)O)C(OC(C)=O)C1O. The van der Waals surface area contributed by atoms with Crippen LogP contribution in [0.3, 0.4) is 0 Å². The molecule has 2 saturated carbocycles. The van der Waals surface area contributed by atoms with Gasteiger partial charge in [0.05, 0.1) is 24.1 Å². The van der Waals surface area contributed by atoms with Gasteiger partial charge in [-0.25, -0.2) is 0 Å². The first-order valence-electron chi connectivity index (χ1n) is 18.0. The van der Waals surface area contributed by atoms with E-state index >= 15 is 0 Å². The van der Waals surface area contributed by atoms with Crippen molar-refractivity contribution in [2.45, 2.75) is 143 Å². The van der Waals surface area contributed by atoms with Crippen LogP contribution in [0.2, 0.25) is 0 Å². The Hall–Kier alpha value is -2.57. The minimum Gasteiger partial charge on any atom is -0.513 e.